The number of piperidine rings is 1. The molecule has 0 bridgehead atoms. The minimum absolute atomic E-state index is 0.232. The van der Waals surface area contributed by atoms with Crippen molar-refractivity contribution in [3.63, 3.8) is 0 Å². The quantitative estimate of drug-likeness (QED) is 0.659. The van der Waals surface area contributed by atoms with Gasteiger partial charge in [0.25, 0.3) is 0 Å². The molecule has 1 fully saturated rings. The monoisotopic (exact) mass is 199 g/mol. The number of likely N-dealkylation sites (N-methyl/N-ethyl adjacent to an activating group) is 1. The molecule has 1 aliphatic rings. The highest BCUT2D eigenvalue weighted by Gasteiger charge is 2.26. The van der Waals surface area contributed by atoms with Gasteiger partial charge >= 0.3 is 0 Å². The average Bonchev–Trinajstić information content (AvgIpc) is 2.15. The zero-order valence-electron chi connectivity index (χ0n) is 9.12. The molecule has 0 radical (unpaired) electrons. The predicted molar refractivity (Wildman–Crippen MR) is 56.9 cm³/mol. The van der Waals surface area contributed by atoms with E-state index in [0.29, 0.717) is 18.5 Å². The van der Waals surface area contributed by atoms with Crippen molar-refractivity contribution in [2.75, 3.05) is 26.2 Å². The first-order chi connectivity index (χ1) is 6.65. The van der Waals surface area contributed by atoms with Crippen LogP contribution in [0, 0.1) is 5.92 Å². The van der Waals surface area contributed by atoms with E-state index in [1.165, 1.54) is 6.42 Å². The largest absolute Gasteiger partial charge is 0.369 e. The van der Waals surface area contributed by atoms with E-state index >= 15 is 0 Å². The van der Waals surface area contributed by atoms with Gasteiger partial charge in [-0.1, -0.05) is 13.8 Å². The van der Waals surface area contributed by atoms with E-state index in [4.69, 9.17) is 5.73 Å². The third-order valence-corrected chi connectivity index (χ3v) is 3.02. The molecule has 0 aromatic carbocycles. The molecule has 0 saturated carbocycles. The van der Waals surface area contributed by atoms with Crippen molar-refractivity contribution in [1.82, 2.24) is 10.2 Å². The molecule has 1 amide bonds. The van der Waals surface area contributed by atoms with Crippen molar-refractivity contribution < 1.29 is 4.79 Å². The summed E-state index contributed by atoms with van der Waals surface area (Å²) in [7, 11) is 0. The van der Waals surface area contributed by atoms with Crippen molar-refractivity contribution in [3.05, 3.63) is 0 Å². The summed E-state index contributed by atoms with van der Waals surface area (Å²) in [5.74, 6) is 0.417. The molecule has 4 heteroatoms. The Balaban J connectivity index is 2.52. The first-order valence-corrected chi connectivity index (χ1v) is 5.38. The minimum Gasteiger partial charge on any atom is -0.369 e. The number of nitrogens with zero attached hydrogens (tertiary/aromatic N) is 1. The summed E-state index contributed by atoms with van der Waals surface area (Å²) in [6.45, 7) is 7.65. The third kappa shape index (κ3) is 2.96. The van der Waals surface area contributed by atoms with Gasteiger partial charge in [0, 0.05) is 12.6 Å². The van der Waals surface area contributed by atoms with Gasteiger partial charge in [0.1, 0.15) is 0 Å². The van der Waals surface area contributed by atoms with Crippen LogP contribution in [-0.2, 0) is 4.79 Å². The van der Waals surface area contributed by atoms with Gasteiger partial charge < -0.3 is 11.1 Å². The molecule has 0 aromatic heterocycles. The van der Waals surface area contributed by atoms with Gasteiger partial charge in [-0.2, -0.15) is 0 Å². The first-order valence-electron chi connectivity index (χ1n) is 5.38. The van der Waals surface area contributed by atoms with Crippen molar-refractivity contribution in [3.8, 4) is 0 Å². The van der Waals surface area contributed by atoms with E-state index in [1.54, 1.807) is 0 Å². The molecule has 0 aliphatic carbocycles. The standard InChI is InChI=1S/C10H21N3O/c1-3-13(7-10(11)14)9-6-12-5-4-8(9)2/h8-9,12H,3-7H2,1-2H3,(H2,11,14). The number of primary amides is 1. The molecule has 3 N–H and O–H groups in total. The van der Waals surface area contributed by atoms with E-state index in [1.807, 2.05) is 0 Å². The van der Waals surface area contributed by atoms with Gasteiger partial charge in [0.2, 0.25) is 5.91 Å². The third-order valence-electron chi connectivity index (χ3n) is 3.02. The molecule has 14 heavy (non-hydrogen) atoms. The van der Waals surface area contributed by atoms with Crippen LogP contribution in [0.2, 0.25) is 0 Å². The highest BCUT2D eigenvalue weighted by Crippen LogP contribution is 2.16. The van der Waals surface area contributed by atoms with Crippen molar-refractivity contribution in [2.45, 2.75) is 26.3 Å². The van der Waals surface area contributed by atoms with Crippen LogP contribution < -0.4 is 11.1 Å². The molecular formula is C10H21N3O. The van der Waals surface area contributed by atoms with E-state index in [0.717, 1.165) is 19.6 Å². The summed E-state index contributed by atoms with van der Waals surface area (Å²) in [6.07, 6.45) is 1.18. The van der Waals surface area contributed by atoms with E-state index < -0.39 is 0 Å². The Labute approximate surface area is 85.8 Å². The number of carbonyl (C=O) groups is 1. The van der Waals surface area contributed by atoms with Gasteiger partial charge in [-0.25, -0.2) is 0 Å². The van der Waals surface area contributed by atoms with Gasteiger partial charge in [-0.3, -0.25) is 9.69 Å². The average molecular weight is 199 g/mol. The molecule has 1 rings (SSSR count). The fourth-order valence-electron chi connectivity index (χ4n) is 2.13. The van der Waals surface area contributed by atoms with Crippen LogP contribution in [-0.4, -0.2) is 43.0 Å². The van der Waals surface area contributed by atoms with Crippen molar-refractivity contribution in [2.24, 2.45) is 11.7 Å². The van der Waals surface area contributed by atoms with Crippen LogP contribution >= 0.6 is 0 Å². The topological polar surface area (TPSA) is 58.4 Å². The van der Waals surface area contributed by atoms with Crippen LogP contribution in [0.15, 0.2) is 0 Å². The maximum atomic E-state index is 10.9. The Morgan fingerprint density at radius 3 is 2.86 bits per heavy atom. The number of nitrogens with two attached hydrogens (primary N) is 1. The highest BCUT2D eigenvalue weighted by molar-refractivity contribution is 5.75. The van der Waals surface area contributed by atoms with Gasteiger partial charge in [-0.15, -0.1) is 0 Å². The summed E-state index contributed by atoms with van der Waals surface area (Å²) in [6, 6.07) is 0.459. The Kier molecular flexibility index (Phi) is 4.35. The Morgan fingerprint density at radius 2 is 2.36 bits per heavy atom. The lowest BCUT2D eigenvalue weighted by atomic mass is 9.93. The Bertz CT molecular complexity index is 196. The second-order valence-corrected chi connectivity index (χ2v) is 4.07. The number of nitrogens with one attached hydrogen (secondary N) is 1. The van der Waals surface area contributed by atoms with E-state index in [-0.39, 0.29) is 5.91 Å². The van der Waals surface area contributed by atoms with Crippen LogP contribution in [0.5, 0.6) is 0 Å². The van der Waals surface area contributed by atoms with E-state index in [2.05, 4.69) is 24.1 Å². The highest BCUT2D eigenvalue weighted by atomic mass is 16.1. The summed E-state index contributed by atoms with van der Waals surface area (Å²) in [5.41, 5.74) is 5.22. The number of rotatable bonds is 4. The van der Waals surface area contributed by atoms with Gasteiger partial charge in [0.05, 0.1) is 6.54 Å². The lowest BCUT2D eigenvalue weighted by Gasteiger charge is -2.37. The molecule has 0 spiro atoms. The maximum Gasteiger partial charge on any atom is 0.231 e. The predicted octanol–water partition coefficient (Wildman–Crippen LogP) is -0.208. The molecule has 4 nitrogen and oxygen atoms in total. The molecule has 2 unspecified atom stereocenters. The Morgan fingerprint density at radius 1 is 1.64 bits per heavy atom. The summed E-state index contributed by atoms with van der Waals surface area (Å²) < 4.78 is 0. The fraction of sp³-hybridized carbons (Fsp3) is 0.900. The molecule has 1 heterocycles. The number of hydrogen-bond donors (Lipinski definition) is 2. The van der Waals surface area contributed by atoms with Crippen LogP contribution in [0.1, 0.15) is 20.3 Å². The summed E-state index contributed by atoms with van der Waals surface area (Å²) in [5, 5.41) is 3.36. The molecule has 2 atom stereocenters. The molecule has 0 aromatic rings. The molecule has 82 valence electrons. The molecule has 1 saturated heterocycles. The van der Waals surface area contributed by atoms with Gasteiger partial charge in [-0.05, 0) is 25.4 Å². The SMILES string of the molecule is CCN(CC(N)=O)C1CNCCC1C. The van der Waals surface area contributed by atoms with Crippen molar-refractivity contribution in [1.29, 1.82) is 0 Å². The normalized spacial score (nSPS) is 27.9. The number of amides is 1. The van der Waals surface area contributed by atoms with Gasteiger partial charge in [0.15, 0.2) is 0 Å². The zero-order valence-corrected chi connectivity index (χ0v) is 9.12. The fourth-order valence-corrected chi connectivity index (χ4v) is 2.13. The number of hydrogen-bond acceptors (Lipinski definition) is 3. The summed E-state index contributed by atoms with van der Waals surface area (Å²) in [4.78, 5) is 13.0. The first kappa shape index (κ1) is 11.5. The van der Waals surface area contributed by atoms with Crippen LogP contribution in [0.3, 0.4) is 0 Å². The lowest BCUT2D eigenvalue weighted by molar-refractivity contribution is -0.120. The Hall–Kier alpha value is -0.610. The maximum absolute atomic E-state index is 10.9. The second-order valence-electron chi connectivity index (χ2n) is 4.07. The second kappa shape index (κ2) is 5.32. The smallest absolute Gasteiger partial charge is 0.231 e. The lowest BCUT2D eigenvalue weighted by Crippen LogP contribution is -2.52. The van der Waals surface area contributed by atoms with Crippen LogP contribution in [0.4, 0.5) is 0 Å². The summed E-state index contributed by atoms with van der Waals surface area (Å²) >= 11 is 0. The van der Waals surface area contributed by atoms with Crippen LogP contribution in [0.25, 0.3) is 0 Å². The molecule has 1 aliphatic heterocycles. The molecular weight excluding hydrogens is 178 g/mol. The number of carbonyl (C=O) groups excluding carboxylic acids is 1. The zero-order chi connectivity index (χ0) is 10.6. The minimum atomic E-state index is -0.232. The van der Waals surface area contributed by atoms with E-state index in [9.17, 15) is 4.79 Å². The van der Waals surface area contributed by atoms with Crippen molar-refractivity contribution >= 4 is 5.91 Å².